The Bertz CT molecular complexity index is 841. The second kappa shape index (κ2) is 6.76. The lowest BCUT2D eigenvalue weighted by Gasteiger charge is -2.26. The van der Waals surface area contributed by atoms with Gasteiger partial charge in [-0.2, -0.15) is 0 Å². The van der Waals surface area contributed by atoms with E-state index in [1.807, 2.05) is 0 Å². The van der Waals surface area contributed by atoms with Crippen LogP contribution in [-0.4, -0.2) is 18.6 Å². The Morgan fingerprint density at radius 1 is 1.20 bits per heavy atom. The number of anilines is 1. The van der Waals surface area contributed by atoms with E-state index in [1.165, 1.54) is 12.1 Å². The average molecular weight is 348 g/mol. The Balaban J connectivity index is 1.88. The van der Waals surface area contributed by atoms with Gasteiger partial charge in [0, 0.05) is 23.7 Å². The van der Waals surface area contributed by atoms with Gasteiger partial charge in [0.15, 0.2) is 11.6 Å². The number of rotatable bonds is 3. The molecule has 2 aromatic rings. The fourth-order valence-corrected chi connectivity index (χ4v) is 2.61. The maximum Gasteiger partial charge on any atom is 0.405 e. The van der Waals surface area contributed by atoms with E-state index in [2.05, 4.69) is 5.32 Å². The molecule has 130 valence electrons. The van der Waals surface area contributed by atoms with E-state index in [0.717, 1.165) is 12.1 Å². The first kappa shape index (κ1) is 16.7. The van der Waals surface area contributed by atoms with Crippen LogP contribution in [-0.2, 0) is 4.74 Å². The van der Waals surface area contributed by atoms with Crippen molar-refractivity contribution in [3.05, 3.63) is 59.2 Å². The highest BCUT2D eigenvalue weighted by Gasteiger charge is 2.28. The minimum Gasteiger partial charge on any atom is -0.492 e. The maximum atomic E-state index is 13.3. The van der Waals surface area contributed by atoms with Gasteiger partial charge in [-0.05, 0) is 18.2 Å². The number of nitrogens with one attached hydrogen (secondary N) is 1. The third kappa shape index (κ3) is 3.52. The molecule has 0 fully saturated rings. The van der Waals surface area contributed by atoms with Crippen molar-refractivity contribution < 1.29 is 27.8 Å². The van der Waals surface area contributed by atoms with E-state index in [-0.39, 0.29) is 23.6 Å². The first-order valence-electron chi connectivity index (χ1n) is 7.44. The number of halogens is 2. The Labute approximate surface area is 141 Å². The fourth-order valence-electron chi connectivity index (χ4n) is 2.61. The second-order valence-corrected chi connectivity index (χ2v) is 5.37. The van der Waals surface area contributed by atoms with E-state index in [9.17, 15) is 18.4 Å². The minimum atomic E-state index is -1.07. The topological polar surface area (TPSA) is 90.7 Å². The van der Waals surface area contributed by atoms with Gasteiger partial charge in [0.05, 0.1) is 12.2 Å². The monoisotopic (exact) mass is 348 g/mol. The highest BCUT2D eigenvalue weighted by atomic mass is 19.2. The first-order chi connectivity index (χ1) is 12.0. The number of benzene rings is 2. The van der Waals surface area contributed by atoms with Gasteiger partial charge < -0.3 is 20.5 Å². The van der Waals surface area contributed by atoms with Gasteiger partial charge in [-0.3, -0.25) is 4.79 Å². The van der Waals surface area contributed by atoms with Crippen LogP contribution in [0.4, 0.5) is 19.3 Å². The van der Waals surface area contributed by atoms with E-state index >= 15 is 0 Å². The molecule has 0 unspecified atom stereocenters. The van der Waals surface area contributed by atoms with Gasteiger partial charge in [0.1, 0.15) is 11.9 Å². The van der Waals surface area contributed by atoms with E-state index in [1.54, 1.807) is 12.1 Å². The van der Waals surface area contributed by atoms with Crippen molar-refractivity contribution in [1.82, 2.24) is 0 Å². The predicted molar refractivity (Wildman–Crippen MR) is 84.3 cm³/mol. The number of ether oxygens (including phenoxy) is 2. The highest BCUT2D eigenvalue weighted by Crippen LogP contribution is 2.37. The molecule has 1 heterocycles. The molecule has 8 heteroatoms. The van der Waals surface area contributed by atoms with Gasteiger partial charge in [-0.15, -0.1) is 0 Å². The molecule has 1 atom stereocenters. The van der Waals surface area contributed by atoms with Gasteiger partial charge >= 0.3 is 6.09 Å². The fraction of sp³-hybridized carbons (Fsp3) is 0.176. The second-order valence-electron chi connectivity index (χ2n) is 5.37. The lowest BCUT2D eigenvalue weighted by atomic mass is 9.99. The molecule has 25 heavy (non-hydrogen) atoms. The van der Waals surface area contributed by atoms with Crippen LogP contribution in [0, 0.1) is 11.6 Å². The zero-order valence-electron chi connectivity index (χ0n) is 12.9. The number of fused-ring (bicyclic) bond motifs is 1. The molecule has 3 N–H and O–H groups in total. The summed E-state index contributed by atoms with van der Waals surface area (Å²) in [5.41, 5.74) is 5.86. The largest absolute Gasteiger partial charge is 0.492 e. The maximum absolute atomic E-state index is 13.3. The number of amides is 2. The van der Waals surface area contributed by atoms with Crippen molar-refractivity contribution in [1.29, 1.82) is 0 Å². The molecule has 0 saturated heterocycles. The van der Waals surface area contributed by atoms with Crippen molar-refractivity contribution in [2.24, 2.45) is 5.73 Å². The Kier molecular flexibility index (Phi) is 4.51. The van der Waals surface area contributed by atoms with Crippen molar-refractivity contribution in [2.45, 2.75) is 12.5 Å². The molecule has 6 nitrogen and oxygen atoms in total. The van der Waals surface area contributed by atoms with Crippen LogP contribution in [0.5, 0.6) is 5.75 Å². The Morgan fingerprint density at radius 3 is 2.72 bits per heavy atom. The number of primary amides is 1. The van der Waals surface area contributed by atoms with Crippen molar-refractivity contribution in [3.63, 3.8) is 0 Å². The zero-order valence-corrected chi connectivity index (χ0v) is 12.9. The van der Waals surface area contributed by atoms with Crippen LogP contribution in [0.3, 0.4) is 0 Å². The molecule has 0 aliphatic carbocycles. The molecule has 0 radical (unpaired) electrons. The molecule has 0 spiro atoms. The summed E-state index contributed by atoms with van der Waals surface area (Å²) in [5.74, 6) is -2.38. The SMILES string of the molecule is NC(=O)O[C@H]1CCOc2c(C(=O)Nc3ccc(F)c(F)c3)cccc21. The summed E-state index contributed by atoms with van der Waals surface area (Å²) in [4.78, 5) is 23.5. The molecule has 2 amide bonds. The van der Waals surface area contributed by atoms with Crippen molar-refractivity contribution in [2.75, 3.05) is 11.9 Å². The van der Waals surface area contributed by atoms with Crippen LogP contribution in [0.1, 0.15) is 28.4 Å². The van der Waals surface area contributed by atoms with Crippen LogP contribution in [0.2, 0.25) is 0 Å². The van der Waals surface area contributed by atoms with Gasteiger partial charge in [0.25, 0.3) is 5.91 Å². The summed E-state index contributed by atoms with van der Waals surface area (Å²) in [5, 5.41) is 2.47. The predicted octanol–water partition coefficient (Wildman–Crippen LogP) is 3.14. The van der Waals surface area contributed by atoms with E-state index in [0.29, 0.717) is 12.0 Å². The molecule has 1 aliphatic rings. The van der Waals surface area contributed by atoms with Crippen LogP contribution in [0.25, 0.3) is 0 Å². The molecule has 0 bridgehead atoms. The summed E-state index contributed by atoms with van der Waals surface area (Å²) < 4.78 is 36.8. The summed E-state index contributed by atoms with van der Waals surface area (Å²) in [7, 11) is 0. The third-order valence-corrected chi connectivity index (χ3v) is 3.70. The number of carbonyl (C=O) groups is 2. The van der Waals surface area contributed by atoms with Crippen LogP contribution >= 0.6 is 0 Å². The van der Waals surface area contributed by atoms with Crippen molar-refractivity contribution in [3.8, 4) is 5.75 Å². The average Bonchev–Trinajstić information content (AvgIpc) is 2.57. The number of hydrogen-bond acceptors (Lipinski definition) is 4. The van der Waals surface area contributed by atoms with E-state index < -0.39 is 29.7 Å². The molecule has 0 aromatic heterocycles. The van der Waals surface area contributed by atoms with Gasteiger partial charge in [-0.1, -0.05) is 12.1 Å². The Hall–Kier alpha value is -3.16. The summed E-state index contributed by atoms with van der Waals surface area (Å²) in [6, 6.07) is 7.81. The standard InChI is InChI=1S/C17H14F2N2O4/c18-12-5-4-9(8-13(12)19)21-16(22)11-3-1-2-10-14(25-17(20)23)6-7-24-15(10)11/h1-5,8,14H,6-7H2,(H2,20,23)(H,21,22)/t14-/m0/s1. The van der Waals surface area contributed by atoms with Crippen molar-refractivity contribution >= 4 is 17.7 Å². The molecular formula is C17H14F2N2O4. The van der Waals surface area contributed by atoms with Crippen LogP contribution < -0.4 is 15.8 Å². The third-order valence-electron chi connectivity index (χ3n) is 3.70. The zero-order chi connectivity index (χ0) is 18.0. The van der Waals surface area contributed by atoms with Crippen LogP contribution in [0.15, 0.2) is 36.4 Å². The summed E-state index contributed by atoms with van der Waals surface area (Å²) >= 11 is 0. The first-order valence-corrected chi connectivity index (χ1v) is 7.44. The smallest absolute Gasteiger partial charge is 0.405 e. The molecule has 1 aliphatic heterocycles. The van der Waals surface area contributed by atoms with Gasteiger partial charge in [-0.25, -0.2) is 13.6 Å². The lowest BCUT2D eigenvalue weighted by Crippen LogP contribution is -2.24. The lowest BCUT2D eigenvalue weighted by molar-refractivity contribution is 0.0759. The van der Waals surface area contributed by atoms with Gasteiger partial charge in [0.2, 0.25) is 0 Å². The molecule has 3 rings (SSSR count). The summed E-state index contributed by atoms with van der Waals surface area (Å²) in [6.07, 6.45) is -1.13. The highest BCUT2D eigenvalue weighted by molar-refractivity contribution is 6.06. The molecule has 2 aromatic carbocycles. The number of nitrogens with two attached hydrogens (primary N) is 1. The van der Waals surface area contributed by atoms with E-state index in [4.69, 9.17) is 15.2 Å². The number of hydrogen-bond donors (Lipinski definition) is 2. The Morgan fingerprint density at radius 2 is 2.00 bits per heavy atom. The number of carbonyl (C=O) groups excluding carboxylic acids is 2. The molecule has 0 saturated carbocycles. The minimum absolute atomic E-state index is 0.0993. The molecular weight excluding hydrogens is 334 g/mol. The normalized spacial score (nSPS) is 15.7. The summed E-state index contributed by atoms with van der Waals surface area (Å²) in [6.45, 7) is 0.237. The quantitative estimate of drug-likeness (QED) is 0.891. The number of para-hydroxylation sites is 1.